The molecule has 0 saturated heterocycles. The van der Waals surface area contributed by atoms with E-state index in [0.717, 1.165) is 16.7 Å². The molecule has 0 saturated carbocycles. The van der Waals surface area contributed by atoms with Crippen LogP contribution in [0, 0.1) is 0 Å². The Bertz CT molecular complexity index is 928. The summed E-state index contributed by atoms with van der Waals surface area (Å²) in [6.45, 7) is -0.331. The lowest BCUT2D eigenvalue weighted by atomic mass is 9.96. The Hall–Kier alpha value is -3.39. The van der Waals surface area contributed by atoms with Crippen LogP contribution in [-0.2, 0) is 27.2 Å². The third kappa shape index (κ3) is 4.47. The van der Waals surface area contributed by atoms with Gasteiger partial charge in [0.15, 0.2) is 0 Å². The summed E-state index contributed by atoms with van der Waals surface area (Å²) in [5.74, 6) is -1.71. The maximum absolute atomic E-state index is 12.2. The van der Waals surface area contributed by atoms with Gasteiger partial charge in [-0.2, -0.15) is 0 Å². The van der Waals surface area contributed by atoms with Gasteiger partial charge in [0, 0.05) is 12.8 Å². The fraction of sp³-hybridized carbons (Fsp3) is 0.250. The number of carbonyl (C=O) groups is 3. The molecule has 3 rings (SSSR count). The number of primary amides is 1. The summed E-state index contributed by atoms with van der Waals surface area (Å²) in [5.41, 5.74) is 14.4. The van der Waals surface area contributed by atoms with Crippen molar-refractivity contribution in [1.29, 1.82) is 0 Å². The molecule has 8 nitrogen and oxygen atoms in total. The minimum Gasteiger partial charge on any atom is -0.508 e. The zero-order valence-corrected chi connectivity index (χ0v) is 15.1. The standard InChI is InChI=1S/C20H22N4O4/c21-15-9-14-8-13(4-5-17(14)25)12-3-1-2-11(6-12)7-16(19(22)27)24-18(26)10-23-20(15)28/h1-6,8,15-16,25H,7,9-10,21H2,(H2,22,27)(H,23,28)(H,24,26)/t15?,16-/m0/s1. The first kappa shape index (κ1) is 19.4. The maximum atomic E-state index is 12.2. The molecule has 8 heteroatoms. The first-order chi connectivity index (χ1) is 13.3. The molecule has 0 radical (unpaired) electrons. The fourth-order valence-electron chi connectivity index (χ4n) is 3.14. The molecular weight excluding hydrogens is 360 g/mol. The van der Waals surface area contributed by atoms with E-state index in [1.807, 2.05) is 24.3 Å². The molecule has 1 unspecified atom stereocenters. The van der Waals surface area contributed by atoms with Gasteiger partial charge < -0.3 is 27.2 Å². The Labute approximate surface area is 161 Å². The van der Waals surface area contributed by atoms with E-state index in [1.165, 1.54) is 0 Å². The molecule has 146 valence electrons. The van der Waals surface area contributed by atoms with Crippen LogP contribution in [0.15, 0.2) is 42.5 Å². The van der Waals surface area contributed by atoms with Crippen molar-refractivity contribution >= 4 is 17.7 Å². The zero-order chi connectivity index (χ0) is 20.3. The van der Waals surface area contributed by atoms with Gasteiger partial charge in [-0.25, -0.2) is 0 Å². The van der Waals surface area contributed by atoms with Crippen molar-refractivity contribution in [3.63, 3.8) is 0 Å². The number of phenolic OH excluding ortho intramolecular Hbond substituents is 1. The van der Waals surface area contributed by atoms with Gasteiger partial charge >= 0.3 is 0 Å². The van der Waals surface area contributed by atoms with Crippen LogP contribution >= 0.6 is 0 Å². The Morgan fingerprint density at radius 2 is 1.82 bits per heavy atom. The third-order valence-corrected chi connectivity index (χ3v) is 4.66. The SMILES string of the molecule is NC(=O)[C@@H]1Cc2cccc(c2)-c2ccc(O)c(c2)CC(N)C(=O)NCC(=O)N1. The van der Waals surface area contributed by atoms with Crippen LogP contribution in [0.3, 0.4) is 0 Å². The molecule has 0 spiro atoms. The van der Waals surface area contributed by atoms with Crippen molar-refractivity contribution < 1.29 is 19.5 Å². The van der Waals surface area contributed by atoms with E-state index >= 15 is 0 Å². The molecule has 2 atom stereocenters. The van der Waals surface area contributed by atoms with E-state index in [0.29, 0.717) is 5.56 Å². The van der Waals surface area contributed by atoms with Gasteiger partial charge in [-0.1, -0.05) is 30.3 Å². The van der Waals surface area contributed by atoms with E-state index in [9.17, 15) is 19.5 Å². The summed E-state index contributed by atoms with van der Waals surface area (Å²) in [7, 11) is 0. The molecule has 4 bridgehead atoms. The van der Waals surface area contributed by atoms with Crippen molar-refractivity contribution in [2.45, 2.75) is 24.9 Å². The number of aromatic hydroxyl groups is 1. The predicted molar refractivity (Wildman–Crippen MR) is 103 cm³/mol. The van der Waals surface area contributed by atoms with Crippen LogP contribution < -0.4 is 22.1 Å². The van der Waals surface area contributed by atoms with Gasteiger partial charge in [0.25, 0.3) is 0 Å². The summed E-state index contributed by atoms with van der Waals surface area (Å²) in [6.07, 6.45) is 0.323. The molecule has 1 aliphatic heterocycles. The van der Waals surface area contributed by atoms with Gasteiger partial charge in [-0.15, -0.1) is 0 Å². The minimum absolute atomic E-state index is 0.0407. The molecule has 2 aromatic carbocycles. The first-order valence-electron chi connectivity index (χ1n) is 8.86. The molecular formula is C20H22N4O4. The van der Waals surface area contributed by atoms with E-state index in [4.69, 9.17) is 11.5 Å². The number of fused-ring (bicyclic) bond motifs is 5. The van der Waals surface area contributed by atoms with Crippen LogP contribution in [-0.4, -0.2) is 41.5 Å². The zero-order valence-electron chi connectivity index (χ0n) is 15.1. The van der Waals surface area contributed by atoms with Crippen molar-refractivity contribution in [3.05, 3.63) is 53.6 Å². The summed E-state index contributed by atoms with van der Waals surface area (Å²) in [4.78, 5) is 36.0. The second kappa shape index (κ2) is 8.10. The topological polar surface area (TPSA) is 148 Å². The lowest BCUT2D eigenvalue weighted by molar-refractivity contribution is -0.129. The predicted octanol–water partition coefficient (Wildman–Crippen LogP) is -0.429. The normalized spacial score (nSPS) is 20.3. The Balaban J connectivity index is 2.04. The first-order valence-corrected chi connectivity index (χ1v) is 8.86. The maximum Gasteiger partial charge on any atom is 0.240 e. The molecule has 7 N–H and O–H groups in total. The summed E-state index contributed by atoms with van der Waals surface area (Å²) < 4.78 is 0. The van der Waals surface area contributed by atoms with Crippen molar-refractivity contribution in [3.8, 4) is 16.9 Å². The quantitative estimate of drug-likeness (QED) is 0.454. The number of hydrogen-bond donors (Lipinski definition) is 5. The summed E-state index contributed by atoms with van der Waals surface area (Å²) >= 11 is 0. The van der Waals surface area contributed by atoms with E-state index < -0.39 is 29.8 Å². The highest BCUT2D eigenvalue weighted by Gasteiger charge is 2.22. The number of hydrogen-bond acceptors (Lipinski definition) is 5. The number of carbonyl (C=O) groups excluding carboxylic acids is 3. The second-order valence-corrected chi connectivity index (χ2v) is 6.80. The van der Waals surface area contributed by atoms with E-state index in [1.54, 1.807) is 18.2 Å². The highest BCUT2D eigenvalue weighted by Crippen LogP contribution is 2.27. The van der Waals surface area contributed by atoms with Gasteiger partial charge in [-0.05, 0) is 34.4 Å². The fourth-order valence-corrected chi connectivity index (χ4v) is 3.14. The smallest absolute Gasteiger partial charge is 0.240 e. The number of rotatable bonds is 1. The average molecular weight is 382 g/mol. The lowest BCUT2D eigenvalue weighted by Gasteiger charge is -2.17. The van der Waals surface area contributed by atoms with Crippen LogP contribution in [0.2, 0.25) is 0 Å². The van der Waals surface area contributed by atoms with Gasteiger partial charge in [-0.3, -0.25) is 14.4 Å². The Kier molecular flexibility index (Phi) is 5.60. The number of phenols is 1. The van der Waals surface area contributed by atoms with Crippen LogP contribution in [0.5, 0.6) is 5.75 Å². The van der Waals surface area contributed by atoms with E-state index in [-0.39, 0.29) is 25.1 Å². The number of nitrogens with one attached hydrogen (secondary N) is 2. The number of nitrogens with two attached hydrogens (primary N) is 2. The molecule has 3 amide bonds. The van der Waals surface area contributed by atoms with Crippen LogP contribution in [0.1, 0.15) is 11.1 Å². The molecule has 2 aromatic rings. The monoisotopic (exact) mass is 382 g/mol. The Morgan fingerprint density at radius 1 is 1.07 bits per heavy atom. The summed E-state index contributed by atoms with van der Waals surface area (Å²) in [5, 5.41) is 15.1. The van der Waals surface area contributed by atoms with Crippen LogP contribution in [0.4, 0.5) is 0 Å². The van der Waals surface area contributed by atoms with Crippen molar-refractivity contribution in [2.75, 3.05) is 6.54 Å². The second-order valence-electron chi connectivity index (χ2n) is 6.80. The van der Waals surface area contributed by atoms with Crippen molar-refractivity contribution in [2.24, 2.45) is 11.5 Å². The summed E-state index contributed by atoms with van der Waals surface area (Å²) in [6, 6.07) is 10.7. The molecule has 28 heavy (non-hydrogen) atoms. The Morgan fingerprint density at radius 3 is 2.57 bits per heavy atom. The lowest BCUT2D eigenvalue weighted by Crippen LogP contribution is -2.51. The third-order valence-electron chi connectivity index (χ3n) is 4.66. The molecule has 1 heterocycles. The van der Waals surface area contributed by atoms with Crippen molar-refractivity contribution in [1.82, 2.24) is 10.6 Å². The van der Waals surface area contributed by atoms with Gasteiger partial charge in [0.1, 0.15) is 11.8 Å². The number of benzene rings is 2. The largest absolute Gasteiger partial charge is 0.508 e. The number of amides is 3. The molecule has 1 aliphatic rings. The minimum atomic E-state index is -0.947. The van der Waals surface area contributed by atoms with Gasteiger partial charge in [0.2, 0.25) is 17.7 Å². The molecule has 0 fully saturated rings. The van der Waals surface area contributed by atoms with Crippen LogP contribution in [0.25, 0.3) is 11.1 Å². The molecule has 0 aromatic heterocycles. The van der Waals surface area contributed by atoms with Gasteiger partial charge in [0.05, 0.1) is 12.6 Å². The average Bonchev–Trinajstić information content (AvgIpc) is 2.66. The highest BCUT2D eigenvalue weighted by atomic mass is 16.3. The molecule has 0 aliphatic carbocycles. The van der Waals surface area contributed by atoms with E-state index in [2.05, 4.69) is 10.6 Å². The highest BCUT2D eigenvalue weighted by molar-refractivity contribution is 5.90.